The minimum absolute atomic E-state index is 0.134. The molecule has 1 aliphatic heterocycles. The van der Waals surface area contributed by atoms with Gasteiger partial charge in [-0.15, -0.1) is 0 Å². The molecule has 0 saturated carbocycles. The fourth-order valence-electron chi connectivity index (χ4n) is 0.262. The van der Waals surface area contributed by atoms with E-state index in [0.717, 1.165) is 5.01 Å². The molecule has 0 aromatic rings. The average molecular weight is 99.1 g/mol. The average Bonchev–Trinajstić information content (AvgIpc) is 2.17. The smallest absolute Gasteiger partial charge is 0.237 e. The lowest BCUT2D eigenvalue weighted by molar-refractivity contribution is 0.772. The number of rotatable bonds is 0. The molecule has 1 aliphatic rings. The van der Waals surface area contributed by atoms with E-state index >= 15 is 0 Å². The number of nitrogens with two attached hydrogens (primary N) is 1. The van der Waals surface area contributed by atoms with Crippen molar-refractivity contribution in [3.63, 3.8) is 0 Å². The summed E-state index contributed by atoms with van der Waals surface area (Å²) < 4.78 is 0. The Morgan fingerprint density at radius 1 is 1.86 bits per heavy atom. The molecule has 0 aromatic carbocycles. The van der Waals surface area contributed by atoms with E-state index in [9.17, 15) is 0 Å². The largest absolute Gasteiger partial charge is 0.368 e. The van der Waals surface area contributed by atoms with Crippen molar-refractivity contribution < 1.29 is 0 Å². The Labute approximate surface area is 40.1 Å². The Bertz CT molecular complexity index is 126. The molecule has 0 aromatic heterocycles. The predicted molar refractivity (Wildman–Crippen MR) is 24.6 cm³/mol. The van der Waals surface area contributed by atoms with E-state index in [2.05, 4.69) is 5.43 Å². The van der Waals surface area contributed by atoms with Gasteiger partial charge in [0.2, 0.25) is 11.9 Å². The van der Waals surface area contributed by atoms with Gasteiger partial charge in [0.1, 0.15) is 0 Å². The number of guanidine groups is 2. The second kappa shape index (κ2) is 0.868. The van der Waals surface area contributed by atoms with Gasteiger partial charge in [-0.1, -0.05) is 0 Å². The zero-order valence-corrected chi connectivity index (χ0v) is 3.52. The molecule has 0 bridgehead atoms. The Balaban J connectivity index is 2.48. The summed E-state index contributed by atoms with van der Waals surface area (Å²) in [6, 6.07) is 0. The van der Waals surface area contributed by atoms with Crippen molar-refractivity contribution in [3.05, 3.63) is 0 Å². The number of hydrazine groups is 1. The van der Waals surface area contributed by atoms with E-state index in [0.29, 0.717) is 0 Å². The third-order valence-electron chi connectivity index (χ3n) is 0.632. The van der Waals surface area contributed by atoms with Crippen LogP contribution in [0.25, 0.3) is 0 Å². The minimum Gasteiger partial charge on any atom is -0.368 e. The molecule has 5 nitrogen and oxygen atoms in total. The van der Waals surface area contributed by atoms with Gasteiger partial charge in [0.05, 0.1) is 0 Å². The molecule has 5 N–H and O–H groups in total. The van der Waals surface area contributed by atoms with Crippen molar-refractivity contribution in [2.24, 2.45) is 5.73 Å². The monoisotopic (exact) mass is 99.1 g/mol. The second-order valence-corrected chi connectivity index (χ2v) is 1.18. The molecule has 1 rings (SSSR count). The molecule has 38 valence electrons. The number of hydrogen-bond donors (Lipinski definition) is 4. The number of hydrogen-bond acceptors (Lipinski definition) is 2. The van der Waals surface area contributed by atoms with E-state index in [1.54, 1.807) is 0 Å². The van der Waals surface area contributed by atoms with E-state index in [-0.39, 0.29) is 11.9 Å². The van der Waals surface area contributed by atoms with Gasteiger partial charge in [-0.3, -0.25) is 16.2 Å². The molecule has 1 saturated heterocycles. The summed E-state index contributed by atoms with van der Waals surface area (Å²) in [5, 5.41) is 14.5. The van der Waals surface area contributed by atoms with E-state index < -0.39 is 0 Å². The summed E-state index contributed by atoms with van der Waals surface area (Å²) >= 11 is 0. The van der Waals surface area contributed by atoms with Crippen LogP contribution in [0, 0.1) is 10.8 Å². The van der Waals surface area contributed by atoms with Crippen LogP contribution in [-0.2, 0) is 0 Å². The molecule has 0 aliphatic carbocycles. The van der Waals surface area contributed by atoms with E-state index in [1.165, 1.54) is 0 Å². The lowest BCUT2D eigenvalue weighted by Gasteiger charge is -1.86. The van der Waals surface area contributed by atoms with Crippen molar-refractivity contribution in [1.82, 2.24) is 10.4 Å². The van der Waals surface area contributed by atoms with Gasteiger partial charge in [0, 0.05) is 0 Å². The lowest BCUT2D eigenvalue weighted by atomic mass is 11.0. The van der Waals surface area contributed by atoms with E-state index in [1.807, 2.05) is 0 Å². The summed E-state index contributed by atoms with van der Waals surface area (Å²) in [5.74, 6) is 0.0532. The van der Waals surface area contributed by atoms with Crippen molar-refractivity contribution in [2.75, 3.05) is 0 Å². The normalized spacial score (nSPS) is 16.0. The highest BCUT2D eigenvalue weighted by molar-refractivity contribution is 6.04. The lowest BCUT2D eigenvalue weighted by Crippen LogP contribution is -2.22. The van der Waals surface area contributed by atoms with Gasteiger partial charge < -0.3 is 5.73 Å². The van der Waals surface area contributed by atoms with Crippen LogP contribution in [0.15, 0.2) is 0 Å². The molecule has 7 heavy (non-hydrogen) atoms. The van der Waals surface area contributed by atoms with Gasteiger partial charge in [0.25, 0.3) is 0 Å². The first kappa shape index (κ1) is 3.91. The molecule has 0 spiro atoms. The maximum absolute atomic E-state index is 6.69. The molecule has 0 unspecified atom stereocenters. The van der Waals surface area contributed by atoms with E-state index in [4.69, 9.17) is 16.6 Å². The quantitative estimate of drug-likeness (QED) is 0.171. The first-order valence-electron chi connectivity index (χ1n) is 1.71. The Kier molecular flexibility index (Phi) is 0.485. The van der Waals surface area contributed by atoms with Crippen LogP contribution in [0.3, 0.4) is 0 Å². The molecule has 0 radical (unpaired) electrons. The summed E-state index contributed by atoms with van der Waals surface area (Å²) in [7, 11) is 0. The highest BCUT2D eigenvalue weighted by atomic mass is 15.8. The highest BCUT2D eigenvalue weighted by Gasteiger charge is 2.26. The fraction of sp³-hybridized carbons (Fsp3) is 0. The molecular formula is C2H5N5. The summed E-state index contributed by atoms with van der Waals surface area (Å²) in [4.78, 5) is 0. The SMILES string of the molecule is N=C(N)N1NC1=N. The van der Waals surface area contributed by atoms with Crippen molar-refractivity contribution >= 4 is 11.9 Å². The minimum atomic E-state index is -0.134. The van der Waals surface area contributed by atoms with Gasteiger partial charge in [-0.25, -0.2) is 0 Å². The Hall–Kier alpha value is -1.26. The first-order valence-corrected chi connectivity index (χ1v) is 1.71. The van der Waals surface area contributed by atoms with Crippen LogP contribution in [0.4, 0.5) is 0 Å². The topological polar surface area (TPSA) is 98.7 Å². The van der Waals surface area contributed by atoms with Crippen LogP contribution < -0.4 is 11.2 Å². The van der Waals surface area contributed by atoms with Gasteiger partial charge in [-0.2, -0.15) is 5.01 Å². The zero-order chi connectivity index (χ0) is 5.44. The zero-order valence-electron chi connectivity index (χ0n) is 3.52. The maximum atomic E-state index is 6.69. The van der Waals surface area contributed by atoms with Crippen LogP contribution in [0.5, 0.6) is 0 Å². The Morgan fingerprint density at radius 2 is 2.29 bits per heavy atom. The second-order valence-electron chi connectivity index (χ2n) is 1.18. The first-order chi connectivity index (χ1) is 3.22. The molecule has 1 heterocycles. The van der Waals surface area contributed by atoms with Gasteiger partial charge in [0.15, 0.2) is 0 Å². The number of nitrogens with zero attached hydrogens (tertiary/aromatic N) is 1. The van der Waals surface area contributed by atoms with Crippen LogP contribution in [0.2, 0.25) is 0 Å². The van der Waals surface area contributed by atoms with Crippen molar-refractivity contribution in [2.45, 2.75) is 0 Å². The third-order valence-corrected chi connectivity index (χ3v) is 0.632. The number of nitrogens with one attached hydrogen (secondary N) is 3. The van der Waals surface area contributed by atoms with Gasteiger partial charge >= 0.3 is 0 Å². The van der Waals surface area contributed by atoms with Crippen LogP contribution in [0.1, 0.15) is 0 Å². The maximum Gasteiger partial charge on any atom is 0.237 e. The predicted octanol–water partition coefficient (Wildman–Crippen LogP) is -1.37. The van der Waals surface area contributed by atoms with Crippen LogP contribution >= 0.6 is 0 Å². The molecular weight excluding hydrogens is 94.1 g/mol. The third kappa shape index (κ3) is 0.466. The fourth-order valence-corrected chi connectivity index (χ4v) is 0.262. The van der Waals surface area contributed by atoms with Gasteiger partial charge in [-0.05, 0) is 0 Å². The standard InChI is InChI=1S/C2H5N5/c3-1(4)7-2(5)6-7/h(H3,3,4)(H2,5,6). The summed E-state index contributed by atoms with van der Waals surface area (Å²) in [6.07, 6.45) is 0. The summed E-state index contributed by atoms with van der Waals surface area (Å²) in [5.41, 5.74) is 7.29. The van der Waals surface area contributed by atoms with Crippen LogP contribution in [-0.4, -0.2) is 16.9 Å². The Morgan fingerprint density at radius 3 is 2.29 bits per heavy atom. The molecule has 5 heteroatoms. The molecule has 0 amide bonds. The highest BCUT2D eigenvalue weighted by Crippen LogP contribution is 1.92. The summed E-state index contributed by atoms with van der Waals surface area (Å²) in [6.45, 7) is 0. The van der Waals surface area contributed by atoms with Crippen molar-refractivity contribution in [1.29, 1.82) is 10.8 Å². The van der Waals surface area contributed by atoms with Crippen molar-refractivity contribution in [3.8, 4) is 0 Å². The molecule has 0 atom stereocenters. The molecule has 1 fully saturated rings.